The SMILES string of the molecule is COc1cc([C@H]2[C@@H]3C(=O)N(Cc4ccccc4)C(=O)[C@H]3ON2c2ccccc2)ccc1OC(=O)c1ccccc1. The molecule has 0 spiro atoms. The van der Waals surface area contributed by atoms with E-state index in [1.807, 2.05) is 66.7 Å². The number of methoxy groups -OCH3 is 1. The van der Waals surface area contributed by atoms with Crippen molar-refractivity contribution in [3.8, 4) is 11.5 Å². The van der Waals surface area contributed by atoms with Gasteiger partial charge in [-0.1, -0.05) is 72.8 Å². The Labute approximate surface area is 231 Å². The molecule has 2 heterocycles. The van der Waals surface area contributed by atoms with Crippen LogP contribution in [0.1, 0.15) is 27.5 Å². The number of nitrogens with zero attached hydrogens (tertiary/aromatic N) is 2. The number of imide groups is 1. The van der Waals surface area contributed by atoms with Gasteiger partial charge in [-0.3, -0.25) is 19.3 Å². The standard InChI is InChI=1S/C32H26N2O6/c1-38-26-19-23(17-18-25(26)39-32(37)22-13-7-3-8-14-22)28-27-29(40-34(28)24-15-9-4-10-16-24)31(36)33(30(27)35)20-21-11-5-2-6-12-21/h2-19,27-29H,20H2,1H3/t27-,28-,29-/m0/s1. The topological polar surface area (TPSA) is 85.4 Å². The minimum Gasteiger partial charge on any atom is -0.493 e. The van der Waals surface area contributed by atoms with Gasteiger partial charge in [0.25, 0.3) is 5.91 Å². The summed E-state index contributed by atoms with van der Waals surface area (Å²) in [5, 5.41) is 1.62. The fourth-order valence-electron chi connectivity index (χ4n) is 5.22. The summed E-state index contributed by atoms with van der Waals surface area (Å²) in [5.41, 5.74) is 2.64. The molecule has 0 N–H and O–H groups in total. The predicted octanol–water partition coefficient (Wildman–Crippen LogP) is 4.96. The largest absolute Gasteiger partial charge is 0.493 e. The number of hydroxylamine groups is 1. The zero-order valence-corrected chi connectivity index (χ0v) is 21.7. The molecule has 4 aromatic rings. The molecular weight excluding hydrogens is 508 g/mol. The number of carbonyl (C=O) groups excluding carboxylic acids is 3. The van der Waals surface area contributed by atoms with Gasteiger partial charge in [0.1, 0.15) is 5.92 Å². The Hall–Kier alpha value is -4.95. The number of hydrogen-bond donors (Lipinski definition) is 0. The molecule has 0 radical (unpaired) electrons. The minimum atomic E-state index is -0.969. The Bertz CT molecular complexity index is 1540. The van der Waals surface area contributed by atoms with Crippen LogP contribution in [-0.4, -0.2) is 35.9 Å². The summed E-state index contributed by atoms with van der Waals surface area (Å²) < 4.78 is 11.2. The third-order valence-electron chi connectivity index (χ3n) is 7.14. The minimum absolute atomic E-state index is 0.171. The van der Waals surface area contributed by atoms with Gasteiger partial charge in [0.15, 0.2) is 17.6 Å². The summed E-state index contributed by atoms with van der Waals surface area (Å²) >= 11 is 0. The molecule has 0 aliphatic carbocycles. The average molecular weight is 535 g/mol. The molecule has 0 aromatic heterocycles. The monoisotopic (exact) mass is 534 g/mol. The number of fused-ring (bicyclic) bond motifs is 1. The van der Waals surface area contributed by atoms with Crippen molar-refractivity contribution in [2.45, 2.75) is 18.7 Å². The molecule has 8 heteroatoms. The van der Waals surface area contributed by atoms with Gasteiger partial charge in [-0.05, 0) is 47.5 Å². The second kappa shape index (κ2) is 10.7. The average Bonchev–Trinajstić information content (AvgIpc) is 3.50. The Morgan fingerprint density at radius 3 is 2.12 bits per heavy atom. The number of carbonyl (C=O) groups is 3. The molecule has 0 bridgehead atoms. The van der Waals surface area contributed by atoms with Gasteiger partial charge >= 0.3 is 5.97 Å². The second-order valence-corrected chi connectivity index (χ2v) is 9.57. The smallest absolute Gasteiger partial charge is 0.343 e. The first-order valence-corrected chi connectivity index (χ1v) is 12.9. The highest BCUT2D eigenvalue weighted by Gasteiger charge is 2.59. The molecule has 3 atom stereocenters. The Morgan fingerprint density at radius 1 is 0.800 bits per heavy atom. The van der Waals surface area contributed by atoms with Crippen molar-refractivity contribution in [1.82, 2.24) is 4.90 Å². The van der Waals surface area contributed by atoms with E-state index >= 15 is 0 Å². The summed E-state index contributed by atoms with van der Waals surface area (Å²) in [6.45, 7) is 0.171. The molecule has 2 aliphatic rings. The molecular formula is C32H26N2O6. The van der Waals surface area contributed by atoms with Crippen LogP contribution >= 0.6 is 0 Å². The molecule has 2 amide bonds. The van der Waals surface area contributed by atoms with Gasteiger partial charge in [-0.15, -0.1) is 0 Å². The fourth-order valence-corrected chi connectivity index (χ4v) is 5.22. The van der Waals surface area contributed by atoms with Crippen LogP contribution in [0.3, 0.4) is 0 Å². The number of ether oxygens (including phenoxy) is 2. The van der Waals surface area contributed by atoms with E-state index in [-0.39, 0.29) is 24.1 Å². The number of likely N-dealkylation sites (tertiary alicyclic amines) is 1. The molecule has 8 nitrogen and oxygen atoms in total. The number of amides is 2. The maximum atomic E-state index is 13.8. The van der Waals surface area contributed by atoms with E-state index in [1.54, 1.807) is 47.5 Å². The molecule has 0 saturated carbocycles. The number of rotatable bonds is 7. The van der Waals surface area contributed by atoms with Crippen molar-refractivity contribution in [1.29, 1.82) is 0 Å². The van der Waals surface area contributed by atoms with Crippen LogP contribution in [0.25, 0.3) is 0 Å². The van der Waals surface area contributed by atoms with E-state index in [9.17, 15) is 14.4 Å². The number of hydrogen-bond acceptors (Lipinski definition) is 7. The van der Waals surface area contributed by atoms with Gasteiger partial charge in [0.05, 0.1) is 30.9 Å². The molecule has 40 heavy (non-hydrogen) atoms. The maximum Gasteiger partial charge on any atom is 0.343 e. The van der Waals surface area contributed by atoms with Crippen molar-refractivity contribution in [2.75, 3.05) is 12.2 Å². The number of esters is 1. The van der Waals surface area contributed by atoms with Gasteiger partial charge < -0.3 is 9.47 Å². The van der Waals surface area contributed by atoms with E-state index in [0.29, 0.717) is 22.6 Å². The van der Waals surface area contributed by atoms with Crippen LogP contribution < -0.4 is 14.5 Å². The number of para-hydroxylation sites is 1. The number of anilines is 1. The van der Waals surface area contributed by atoms with E-state index in [2.05, 4.69) is 0 Å². The van der Waals surface area contributed by atoms with Crippen LogP contribution in [0, 0.1) is 5.92 Å². The quantitative estimate of drug-likeness (QED) is 0.188. The van der Waals surface area contributed by atoms with Gasteiger partial charge in [0, 0.05) is 0 Å². The van der Waals surface area contributed by atoms with E-state index in [4.69, 9.17) is 14.3 Å². The molecule has 4 aromatic carbocycles. The second-order valence-electron chi connectivity index (χ2n) is 9.57. The van der Waals surface area contributed by atoms with Crippen molar-refractivity contribution in [3.05, 3.63) is 126 Å². The highest BCUT2D eigenvalue weighted by Crippen LogP contribution is 2.48. The first-order valence-electron chi connectivity index (χ1n) is 12.9. The van der Waals surface area contributed by atoms with Gasteiger partial charge in [-0.25, -0.2) is 9.86 Å². The molecule has 0 unspecified atom stereocenters. The summed E-state index contributed by atoms with van der Waals surface area (Å²) in [7, 11) is 1.48. The lowest BCUT2D eigenvalue weighted by Crippen LogP contribution is -2.36. The van der Waals surface area contributed by atoms with Crippen molar-refractivity contribution in [3.63, 3.8) is 0 Å². The van der Waals surface area contributed by atoms with E-state index in [1.165, 1.54) is 12.0 Å². The van der Waals surface area contributed by atoms with Crippen molar-refractivity contribution >= 4 is 23.5 Å². The molecule has 2 saturated heterocycles. The summed E-state index contributed by atoms with van der Waals surface area (Å²) in [6.07, 6.45) is -0.969. The zero-order valence-electron chi connectivity index (χ0n) is 21.7. The van der Waals surface area contributed by atoms with Crippen LogP contribution in [0.4, 0.5) is 5.69 Å². The van der Waals surface area contributed by atoms with E-state index in [0.717, 1.165) is 5.56 Å². The van der Waals surface area contributed by atoms with Crippen LogP contribution in [0.15, 0.2) is 109 Å². The molecule has 2 fully saturated rings. The van der Waals surface area contributed by atoms with E-state index < -0.39 is 24.0 Å². The lowest BCUT2D eigenvalue weighted by molar-refractivity contribution is -0.143. The Balaban J connectivity index is 1.35. The predicted molar refractivity (Wildman–Crippen MR) is 146 cm³/mol. The third-order valence-corrected chi connectivity index (χ3v) is 7.14. The first-order chi connectivity index (χ1) is 19.5. The van der Waals surface area contributed by atoms with Crippen LogP contribution in [0.2, 0.25) is 0 Å². The van der Waals surface area contributed by atoms with Crippen LogP contribution in [0.5, 0.6) is 11.5 Å². The Morgan fingerprint density at radius 2 is 1.45 bits per heavy atom. The fraction of sp³-hybridized carbons (Fsp3) is 0.156. The van der Waals surface area contributed by atoms with Crippen molar-refractivity contribution in [2.24, 2.45) is 5.92 Å². The molecule has 200 valence electrons. The molecule has 6 rings (SSSR count). The highest BCUT2D eigenvalue weighted by atomic mass is 16.7. The highest BCUT2D eigenvalue weighted by molar-refractivity contribution is 6.07. The van der Waals surface area contributed by atoms with Crippen LogP contribution in [-0.2, 0) is 21.0 Å². The first kappa shape index (κ1) is 25.3. The summed E-state index contributed by atoms with van der Waals surface area (Å²) in [5.74, 6) is -1.42. The number of benzene rings is 4. The lowest BCUT2D eigenvalue weighted by atomic mass is 9.90. The maximum absolute atomic E-state index is 13.8. The van der Waals surface area contributed by atoms with Gasteiger partial charge in [0.2, 0.25) is 5.91 Å². The third kappa shape index (κ3) is 4.58. The van der Waals surface area contributed by atoms with Gasteiger partial charge in [-0.2, -0.15) is 0 Å². The normalized spacial score (nSPS) is 20.0. The Kier molecular flexibility index (Phi) is 6.76. The molecule has 2 aliphatic heterocycles. The summed E-state index contributed by atoms with van der Waals surface area (Å²) in [4.78, 5) is 47.4. The van der Waals surface area contributed by atoms with Crippen molar-refractivity contribution < 1.29 is 28.7 Å². The zero-order chi connectivity index (χ0) is 27.6. The summed E-state index contributed by atoms with van der Waals surface area (Å²) in [6, 6.07) is 31.9. The lowest BCUT2D eigenvalue weighted by Gasteiger charge is -2.29.